The fraction of sp³-hybridized carbons (Fsp3) is 0.737. The zero-order valence-corrected chi connectivity index (χ0v) is 47.7. The largest absolute Gasteiger partial charge is 0.459 e. The molecule has 19 atom stereocenters. The van der Waals surface area contributed by atoms with Crippen LogP contribution in [0.3, 0.4) is 0 Å². The number of aromatic nitrogens is 3. The van der Waals surface area contributed by atoms with Crippen LogP contribution in [0.25, 0.3) is 11.1 Å². The molecule has 0 radical (unpaired) electrons. The lowest BCUT2D eigenvalue weighted by Gasteiger charge is -2.47. The molecular formula is C57H91FN6O13. The summed E-state index contributed by atoms with van der Waals surface area (Å²) in [5, 5.41) is 68.3. The van der Waals surface area contributed by atoms with Crippen LogP contribution in [0.5, 0.6) is 0 Å². The second kappa shape index (κ2) is 26.8. The Balaban J connectivity index is 1.22. The molecule has 77 heavy (non-hydrogen) atoms. The van der Waals surface area contributed by atoms with Gasteiger partial charge < -0.3 is 74.2 Å². The monoisotopic (exact) mass is 1090 g/mol. The Labute approximate surface area is 455 Å². The number of carbonyl (C=O) groups is 1. The van der Waals surface area contributed by atoms with E-state index in [-0.39, 0.29) is 31.6 Å². The third-order valence-electron chi connectivity index (χ3n) is 16.9. The van der Waals surface area contributed by atoms with Gasteiger partial charge in [0, 0.05) is 71.4 Å². The van der Waals surface area contributed by atoms with Crippen molar-refractivity contribution in [3.05, 3.63) is 71.5 Å². The number of cyclic esters (lactones) is 1. The van der Waals surface area contributed by atoms with Crippen LogP contribution in [0, 0.1) is 11.8 Å². The molecule has 2 aromatic carbocycles. The number of methoxy groups -OCH3 is 2. The van der Waals surface area contributed by atoms with Crippen molar-refractivity contribution in [2.24, 2.45) is 17.6 Å². The number of rotatable bonds is 17. The molecule has 3 saturated heterocycles. The molecule has 0 spiro atoms. The van der Waals surface area contributed by atoms with E-state index < -0.39 is 121 Å². The van der Waals surface area contributed by atoms with Crippen molar-refractivity contribution in [1.82, 2.24) is 24.8 Å². The molecule has 434 valence electrons. The molecule has 19 nitrogen and oxygen atoms in total. The van der Waals surface area contributed by atoms with Gasteiger partial charge in [0.05, 0.1) is 47.2 Å². The standard InChI is InChI=1S/C57H91FN6O13/c1-14-46-57(9,70)51(66)36(5)63(11)31-33(2)27-55(7,69)47(26-45(35(4)53(68)76-46)75-48-28-56(8,72-13)52(67)37(6)74-48)77-54-49(65)43(25-34(3)73-54)62(10)24-23-42-32-64(61-60-42)44(29-58)50(71-12)41-21-19-40(20-22-41)39-17-15-38(30-59)16-18-39/h15-22,32-37,43-52,54,65-67,69-70H,14,23-31,59H2,1-13H3/t33-,34-,35-,36-,37+,43+,44-,45+,46-,47-,48+,49-,50-,51-,52+,54+,55-,56-,57-/m1/s1. The van der Waals surface area contributed by atoms with Crippen molar-refractivity contribution in [2.75, 3.05) is 48.1 Å². The Morgan fingerprint density at radius 1 is 0.922 bits per heavy atom. The lowest BCUT2D eigenvalue weighted by molar-refractivity contribution is -0.308. The molecule has 0 unspecified atom stereocenters. The van der Waals surface area contributed by atoms with Crippen molar-refractivity contribution in [3.8, 4) is 11.1 Å². The number of likely N-dealkylation sites (N-methyl/N-ethyl adjacent to an activating group) is 2. The van der Waals surface area contributed by atoms with Gasteiger partial charge in [-0.1, -0.05) is 67.6 Å². The van der Waals surface area contributed by atoms with Crippen molar-refractivity contribution >= 4 is 5.97 Å². The summed E-state index contributed by atoms with van der Waals surface area (Å²) >= 11 is 0. The van der Waals surface area contributed by atoms with Gasteiger partial charge in [-0.2, -0.15) is 0 Å². The van der Waals surface area contributed by atoms with Gasteiger partial charge in [-0.15, -0.1) is 5.10 Å². The highest BCUT2D eigenvalue weighted by atomic mass is 19.1. The van der Waals surface area contributed by atoms with Gasteiger partial charge in [0.1, 0.15) is 48.8 Å². The SMILES string of the molecule is CC[C@H]1OC(=O)[C@H](C)[C@@H](O[C@H]2C[C@@](C)(OC)[C@@H](O)[C@H](C)O2)C[C@@H](O[C@@H]2O[C@H](C)C[C@H](N(C)CCc3cn([C@H](CF)[C@H](OC)c4ccc(-c5ccc(CN)cc5)cc4)nn3)[C@H]2O)[C@](C)(O)C[C@@H](C)CN(C)[C@H](C)[C@@H](O)[C@]1(C)O. The number of nitrogens with two attached hydrogens (primary N) is 1. The van der Waals surface area contributed by atoms with Crippen molar-refractivity contribution in [2.45, 2.75) is 210 Å². The number of benzene rings is 2. The van der Waals surface area contributed by atoms with E-state index in [1.165, 1.54) is 18.7 Å². The van der Waals surface area contributed by atoms with Gasteiger partial charge >= 0.3 is 5.97 Å². The predicted octanol–water partition coefficient (Wildman–Crippen LogP) is 4.88. The molecule has 3 aliphatic heterocycles. The topological polar surface area (TPSA) is 246 Å². The van der Waals surface area contributed by atoms with Gasteiger partial charge in [-0.3, -0.25) is 4.79 Å². The van der Waals surface area contributed by atoms with E-state index >= 15 is 0 Å². The number of esters is 1. The van der Waals surface area contributed by atoms with Crippen molar-refractivity contribution < 1.29 is 67.9 Å². The number of aliphatic hydroxyl groups excluding tert-OH is 3. The molecule has 4 heterocycles. The first-order valence-corrected chi connectivity index (χ1v) is 27.5. The Bertz CT molecular complexity index is 2300. The highest BCUT2D eigenvalue weighted by Crippen LogP contribution is 2.39. The van der Waals surface area contributed by atoms with E-state index in [0.717, 1.165) is 22.3 Å². The Morgan fingerprint density at radius 3 is 2.17 bits per heavy atom. The summed E-state index contributed by atoms with van der Waals surface area (Å²) in [4.78, 5) is 18.3. The average Bonchev–Trinajstić information content (AvgIpc) is 3.88. The van der Waals surface area contributed by atoms with Crippen LogP contribution < -0.4 is 5.73 Å². The highest BCUT2D eigenvalue weighted by molar-refractivity contribution is 5.73. The summed E-state index contributed by atoms with van der Waals surface area (Å²) in [7, 11) is 6.75. The van der Waals surface area contributed by atoms with Crippen LogP contribution in [0.15, 0.2) is 54.7 Å². The van der Waals surface area contributed by atoms with Gasteiger partial charge in [0.15, 0.2) is 12.6 Å². The highest BCUT2D eigenvalue weighted by Gasteiger charge is 2.51. The summed E-state index contributed by atoms with van der Waals surface area (Å²) in [5.41, 5.74) is 5.71. The molecule has 3 aliphatic rings. The molecule has 0 amide bonds. The number of halogens is 1. The average molecular weight is 1090 g/mol. The van der Waals surface area contributed by atoms with Gasteiger partial charge in [-0.25, -0.2) is 9.07 Å². The molecule has 0 aliphatic carbocycles. The first-order chi connectivity index (χ1) is 36.3. The van der Waals surface area contributed by atoms with E-state index in [2.05, 4.69) is 10.3 Å². The molecule has 20 heteroatoms. The number of alkyl halides is 1. The summed E-state index contributed by atoms with van der Waals surface area (Å²) in [5.74, 6) is -2.00. The predicted molar refractivity (Wildman–Crippen MR) is 287 cm³/mol. The quantitative estimate of drug-likeness (QED) is 0.0986. The normalized spacial score (nSPS) is 37.2. The van der Waals surface area contributed by atoms with E-state index in [9.17, 15) is 34.7 Å². The maximum Gasteiger partial charge on any atom is 0.311 e. The number of hydrogen-bond donors (Lipinski definition) is 6. The van der Waals surface area contributed by atoms with Crippen LogP contribution in [0.1, 0.15) is 123 Å². The zero-order chi connectivity index (χ0) is 56.7. The van der Waals surface area contributed by atoms with Crippen LogP contribution in [-0.2, 0) is 50.9 Å². The molecule has 0 bridgehead atoms. The van der Waals surface area contributed by atoms with Crippen LogP contribution in [0.2, 0.25) is 0 Å². The summed E-state index contributed by atoms with van der Waals surface area (Å²) in [6, 6.07) is 14.0. The van der Waals surface area contributed by atoms with E-state index in [1.807, 2.05) is 86.3 Å². The van der Waals surface area contributed by atoms with Crippen molar-refractivity contribution in [3.63, 3.8) is 0 Å². The number of aliphatic hydroxyl groups is 5. The molecule has 7 N–H and O–H groups in total. The maximum absolute atomic E-state index is 15.0. The minimum Gasteiger partial charge on any atom is -0.459 e. The molecular weight excluding hydrogens is 996 g/mol. The van der Waals surface area contributed by atoms with Gasteiger partial charge in [-0.05, 0) is 110 Å². The van der Waals surface area contributed by atoms with Crippen molar-refractivity contribution in [1.29, 1.82) is 0 Å². The smallest absolute Gasteiger partial charge is 0.311 e. The number of carbonyl (C=O) groups excluding carboxylic acids is 1. The minimum absolute atomic E-state index is 0.0898. The van der Waals surface area contributed by atoms with Crippen LogP contribution in [0.4, 0.5) is 4.39 Å². The molecule has 6 rings (SSSR count). The molecule has 3 aromatic rings. The van der Waals surface area contributed by atoms with Crippen LogP contribution >= 0.6 is 0 Å². The number of hydrogen-bond acceptors (Lipinski definition) is 18. The minimum atomic E-state index is -1.85. The van der Waals surface area contributed by atoms with E-state index in [1.54, 1.807) is 54.8 Å². The second-order valence-corrected chi connectivity index (χ2v) is 23.0. The Morgan fingerprint density at radius 2 is 1.57 bits per heavy atom. The second-order valence-electron chi connectivity index (χ2n) is 23.0. The number of ether oxygens (including phenoxy) is 7. The summed E-state index contributed by atoms with van der Waals surface area (Å²) in [6.07, 6.45) is -7.95. The lowest BCUT2D eigenvalue weighted by atomic mass is 9.83. The molecule has 1 aromatic heterocycles. The Kier molecular flexibility index (Phi) is 21.8. The maximum atomic E-state index is 15.0. The third kappa shape index (κ3) is 14.9. The summed E-state index contributed by atoms with van der Waals surface area (Å²) < 4.78 is 60.3. The van der Waals surface area contributed by atoms with E-state index in [0.29, 0.717) is 38.2 Å². The molecule has 0 saturated carbocycles. The summed E-state index contributed by atoms with van der Waals surface area (Å²) in [6.45, 7) is 16.1. The fourth-order valence-electron chi connectivity index (χ4n) is 11.6. The van der Waals surface area contributed by atoms with Crippen LogP contribution in [-0.4, -0.2) is 195 Å². The third-order valence-corrected chi connectivity index (χ3v) is 16.9. The Hall–Kier alpha value is -3.58. The first kappa shape index (κ1) is 62.6. The molecule has 3 fully saturated rings. The van der Waals surface area contributed by atoms with E-state index in [4.69, 9.17) is 38.9 Å². The van der Waals surface area contributed by atoms with Gasteiger partial charge in [0.25, 0.3) is 0 Å². The zero-order valence-electron chi connectivity index (χ0n) is 47.7. The van der Waals surface area contributed by atoms with Gasteiger partial charge in [0.2, 0.25) is 0 Å². The lowest BCUT2D eigenvalue weighted by Crippen LogP contribution is -2.59. The fourth-order valence-corrected chi connectivity index (χ4v) is 11.6. The number of nitrogens with zero attached hydrogens (tertiary/aromatic N) is 5. The first-order valence-electron chi connectivity index (χ1n) is 27.5.